The zero-order chi connectivity index (χ0) is 16.6. The highest BCUT2D eigenvalue weighted by molar-refractivity contribution is 6.27. The van der Waals surface area contributed by atoms with Gasteiger partial charge < -0.3 is 4.74 Å². The predicted molar refractivity (Wildman–Crippen MR) is 80.4 cm³/mol. The molecule has 0 aromatic heterocycles. The first-order valence-corrected chi connectivity index (χ1v) is 7.01. The van der Waals surface area contributed by atoms with Crippen molar-refractivity contribution in [2.45, 2.75) is 13.1 Å². The summed E-state index contributed by atoms with van der Waals surface area (Å²) >= 11 is 0. The van der Waals surface area contributed by atoms with Crippen LogP contribution in [0.1, 0.15) is 22.3 Å². The van der Waals surface area contributed by atoms with E-state index >= 15 is 0 Å². The Hall–Kier alpha value is -2.56. The lowest BCUT2D eigenvalue weighted by Gasteiger charge is -2.09. The first-order chi connectivity index (χ1) is 10.9. The topological polar surface area (TPSA) is 26.3 Å². The van der Waals surface area contributed by atoms with Crippen molar-refractivity contribution in [3.8, 4) is 0 Å². The van der Waals surface area contributed by atoms with Gasteiger partial charge >= 0.3 is 12.1 Å². The third kappa shape index (κ3) is 2.99. The Bertz CT molecular complexity index is 787. The van der Waals surface area contributed by atoms with Crippen molar-refractivity contribution in [3.63, 3.8) is 0 Å². The van der Waals surface area contributed by atoms with Crippen molar-refractivity contribution in [1.82, 2.24) is 0 Å². The molecule has 0 saturated heterocycles. The SMILES string of the molecule is Cc1ccc(C2=C(c3cccc(C(F)(F)F)c3)C(=O)OC2)cc1. The van der Waals surface area contributed by atoms with Gasteiger partial charge in [-0.05, 0) is 30.2 Å². The molecule has 1 aliphatic heterocycles. The molecule has 1 heterocycles. The number of hydrogen-bond donors (Lipinski definition) is 0. The lowest BCUT2D eigenvalue weighted by molar-refractivity contribution is -0.138. The number of esters is 1. The minimum absolute atomic E-state index is 0.0630. The molecule has 0 bridgehead atoms. The third-order valence-corrected chi connectivity index (χ3v) is 3.73. The first-order valence-electron chi connectivity index (χ1n) is 7.01. The molecular formula is C18H13F3O2. The molecule has 118 valence electrons. The van der Waals surface area contributed by atoms with Gasteiger partial charge in [-0.1, -0.05) is 42.0 Å². The summed E-state index contributed by atoms with van der Waals surface area (Å²) in [7, 11) is 0. The number of halogens is 3. The van der Waals surface area contributed by atoms with Crippen LogP contribution in [0.25, 0.3) is 11.1 Å². The Kier molecular flexibility index (Phi) is 3.72. The number of rotatable bonds is 2. The number of aryl methyl sites for hydroxylation is 1. The molecular weight excluding hydrogens is 305 g/mol. The van der Waals surface area contributed by atoms with Gasteiger partial charge in [-0.3, -0.25) is 0 Å². The van der Waals surface area contributed by atoms with Crippen LogP contribution < -0.4 is 0 Å². The molecule has 0 spiro atoms. The number of hydrogen-bond acceptors (Lipinski definition) is 2. The van der Waals surface area contributed by atoms with Crippen LogP contribution in [0.4, 0.5) is 13.2 Å². The van der Waals surface area contributed by atoms with E-state index < -0.39 is 17.7 Å². The Labute approximate surface area is 131 Å². The van der Waals surface area contributed by atoms with Gasteiger partial charge in [-0.25, -0.2) is 4.79 Å². The number of benzene rings is 2. The van der Waals surface area contributed by atoms with Crippen molar-refractivity contribution < 1.29 is 22.7 Å². The Morgan fingerprint density at radius 1 is 1.00 bits per heavy atom. The highest BCUT2D eigenvalue weighted by Gasteiger charge is 2.33. The van der Waals surface area contributed by atoms with Crippen LogP contribution >= 0.6 is 0 Å². The molecule has 0 amide bonds. The third-order valence-electron chi connectivity index (χ3n) is 3.73. The van der Waals surface area contributed by atoms with E-state index in [-0.39, 0.29) is 17.7 Å². The van der Waals surface area contributed by atoms with Crippen LogP contribution in [0.15, 0.2) is 48.5 Å². The summed E-state index contributed by atoms with van der Waals surface area (Å²) in [6, 6.07) is 12.2. The average molecular weight is 318 g/mol. The molecule has 2 nitrogen and oxygen atoms in total. The van der Waals surface area contributed by atoms with Gasteiger partial charge in [0.05, 0.1) is 11.1 Å². The van der Waals surface area contributed by atoms with E-state index in [4.69, 9.17) is 4.74 Å². The number of carbonyl (C=O) groups is 1. The minimum Gasteiger partial charge on any atom is -0.457 e. The molecule has 23 heavy (non-hydrogen) atoms. The van der Waals surface area contributed by atoms with Crippen LogP contribution in [-0.4, -0.2) is 12.6 Å². The maximum absolute atomic E-state index is 12.9. The second kappa shape index (κ2) is 5.57. The first kappa shape index (κ1) is 15.3. The van der Waals surface area contributed by atoms with E-state index in [0.717, 1.165) is 23.3 Å². The fourth-order valence-electron chi connectivity index (χ4n) is 2.53. The predicted octanol–water partition coefficient (Wildman–Crippen LogP) is 4.48. The van der Waals surface area contributed by atoms with Crippen LogP contribution in [0, 0.1) is 6.92 Å². The molecule has 5 heteroatoms. The Morgan fingerprint density at radius 2 is 1.70 bits per heavy atom. The Balaban J connectivity index is 2.13. The molecule has 1 aliphatic rings. The molecule has 0 N–H and O–H groups in total. The van der Waals surface area contributed by atoms with Crippen molar-refractivity contribution in [3.05, 3.63) is 70.8 Å². The maximum Gasteiger partial charge on any atom is 0.416 e. The van der Waals surface area contributed by atoms with Crippen molar-refractivity contribution in [1.29, 1.82) is 0 Å². The molecule has 0 fully saturated rings. The smallest absolute Gasteiger partial charge is 0.416 e. The molecule has 2 aromatic carbocycles. The second-order valence-electron chi connectivity index (χ2n) is 5.37. The minimum atomic E-state index is -4.46. The fourth-order valence-corrected chi connectivity index (χ4v) is 2.53. The summed E-state index contributed by atoms with van der Waals surface area (Å²) in [6.07, 6.45) is -4.46. The van der Waals surface area contributed by atoms with Gasteiger partial charge in [0.1, 0.15) is 6.61 Å². The summed E-state index contributed by atoms with van der Waals surface area (Å²) in [5.74, 6) is -0.597. The second-order valence-corrected chi connectivity index (χ2v) is 5.37. The van der Waals surface area contributed by atoms with Crippen molar-refractivity contribution >= 4 is 17.1 Å². The molecule has 3 rings (SSSR count). The monoisotopic (exact) mass is 318 g/mol. The molecule has 0 saturated carbocycles. The van der Waals surface area contributed by atoms with E-state index in [0.29, 0.717) is 5.57 Å². The molecule has 0 radical (unpaired) electrons. The average Bonchev–Trinajstić information content (AvgIpc) is 2.89. The lowest BCUT2D eigenvalue weighted by atomic mass is 9.95. The maximum atomic E-state index is 12.9. The molecule has 0 aliphatic carbocycles. The van der Waals surface area contributed by atoms with Crippen molar-refractivity contribution in [2.24, 2.45) is 0 Å². The number of alkyl halides is 3. The van der Waals surface area contributed by atoms with Crippen molar-refractivity contribution in [2.75, 3.05) is 6.61 Å². The number of ether oxygens (including phenoxy) is 1. The highest BCUT2D eigenvalue weighted by atomic mass is 19.4. The van der Waals surface area contributed by atoms with Crippen LogP contribution in [0.2, 0.25) is 0 Å². The zero-order valence-corrected chi connectivity index (χ0v) is 12.3. The van der Waals surface area contributed by atoms with E-state index in [2.05, 4.69) is 0 Å². The van der Waals surface area contributed by atoms with E-state index in [1.165, 1.54) is 12.1 Å². The van der Waals surface area contributed by atoms with Gasteiger partial charge in [-0.2, -0.15) is 13.2 Å². The summed E-state index contributed by atoms with van der Waals surface area (Å²) in [5.41, 5.74) is 2.06. The summed E-state index contributed by atoms with van der Waals surface area (Å²) in [6.45, 7) is 2.00. The Morgan fingerprint density at radius 3 is 2.35 bits per heavy atom. The van der Waals surface area contributed by atoms with Crippen LogP contribution in [0.5, 0.6) is 0 Å². The normalized spacial score (nSPS) is 15.0. The van der Waals surface area contributed by atoms with Gasteiger partial charge in [0.2, 0.25) is 0 Å². The number of carbonyl (C=O) groups excluding carboxylic acids is 1. The molecule has 0 unspecified atom stereocenters. The fraction of sp³-hybridized carbons (Fsp3) is 0.167. The van der Waals surface area contributed by atoms with Gasteiger partial charge in [0, 0.05) is 5.57 Å². The van der Waals surface area contributed by atoms with Crippen LogP contribution in [0.3, 0.4) is 0 Å². The summed E-state index contributed by atoms with van der Waals surface area (Å²) < 4.78 is 43.7. The summed E-state index contributed by atoms with van der Waals surface area (Å²) in [4.78, 5) is 12.0. The van der Waals surface area contributed by atoms with E-state index in [1.54, 1.807) is 0 Å². The van der Waals surface area contributed by atoms with Gasteiger partial charge in [0.25, 0.3) is 0 Å². The molecule has 2 aromatic rings. The lowest BCUT2D eigenvalue weighted by Crippen LogP contribution is -2.06. The van der Waals surface area contributed by atoms with Crippen LogP contribution in [-0.2, 0) is 15.7 Å². The summed E-state index contributed by atoms with van der Waals surface area (Å²) in [5, 5.41) is 0. The number of cyclic esters (lactones) is 1. The van der Waals surface area contributed by atoms with Gasteiger partial charge in [0.15, 0.2) is 0 Å². The quantitative estimate of drug-likeness (QED) is 0.763. The van der Waals surface area contributed by atoms with Gasteiger partial charge in [-0.15, -0.1) is 0 Å². The van der Waals surface area contributed by atoms with E-state index in [9.17, 15) is 18.0 Å². The molecule has 0 atom stereocenters. The highest BCUT2D eigenvalue weighted by Crippen LogP contribution is 2.36. The largest absolute Gasteiger partial charge is 0.457 e. The standard InChI is InChI=1S/C18H13F3O2/c1-11-5-7-12(8-6-11)15-10-23-17(22)16(15)13-3-2-4-14(9-13)18(19,20)21/h2-9H,10H2,1H3. The van der Waals surface area contributed by atoms with E-state index in [1.807, 2.05) is 31.2 Å². The zero-order valence-electron chi connectivity index (χ0n) is 12.3.